The zero-order chi connectivity index (χ0) is 24.0. The van der Waals surface area contributed by atoms with Crippen molar-refractivity contribution >= 4 is 40.9 Å². The Balaban J connectivity index is 1.61. The van der Waals surface area contributed by atoms with E-state index in [1.807, 2.05) is 31.2 Å². The molecule has 9 nitrogen and oxygen atoms in total. The van der Waals surface area contributed by atoms with Gasteiger partial charge in [-0.25, -0.2) is 4.79 Å². The number of ether oxygens (including phenoxy) is 3. The van der Waals surface area contributed by atoms with Crippen molar-refractivity contribution in [2.45, 2.75) is 18.2 Å². The molecule has 0 saturated heterocycles. The summed E-state index contributed by atoms with van der Waals surface area (Å²) in [5, 5.41) is 11.9. The number of para-hydroxylation sites is 2. The summed E-state index contributed by atoms with van der Waals surface area (Å²) in [6.45, 7) is 1.86. The smallest absolute Gasteiger partial charge is 0.339 e. The lowest BCUT2D eigenvalue weighted by molar-refractivity contribution is -0.113. The standard InChI is InChI=1S/C22H23ClN4O5S/c1-13(32-18-8-6-5-7-17(18)30-3)20-25-26-22(27(20)2)33-12-19(28)24-14-9-10-16(23)15(11-14)21(29)31-4/h5-11,13H,12H2,1-4H3,(H,24,28). The van der Waals surface area contributed by atoms with Crippen LogP contribution >= 0.6 is 23.4 Å². The van der Waals surface area contributed by atoms with Crippen LogP contribution in [0.2, 0.25) is 5.02 Å². The van der Waals surface area contributed by atoms with E-state index in [0.29, 0.717) is 28.2 Å². The van der Waals surface area contributed by atoms with E-state index in [2.05, 4.69) is 15.5 Å². The molecule has 1 amide bonds. The summed E-state index contributed by atoms with van der Waals surface area (Å²) >= 11 is 7.23. The Kier molecular flexibility index (Phi) is 8.18. The summed E-state index contributed by atoms with van der Waals surface area (Å²) in [5.41, 5.74) is 0.606. The van der Waals surface area contributed by atoms with Crippen molar-refractivity contribution in [1.29, 1.82) is 0 Å². The molecule has 11 heteroatoms. The predicted molar refractivity (Wildman–Crippen MR) is 125 cm³/mol. The number of esters is 1. The number of halogens is 1. The topological polar surface area (TPSA) is 105 Å². The van der Waals surface area contributed by atoms with Crippen molar-refractivity contribution in [1.82, 2.24) is 14.8 Å². The van der Waals surface area contributed by atoms with Crippen molar-refractivity contribution in [3.05, 3.63) is 58.9 Å². The van der Waals surface area contributed by atoms with Crippen LogP contribution in [0.15, 0.2) is 47.6 Å². The molecule has 0 aliphatic carbocycles. The molecule has 33 heavy (non-hydrogen) atoms. The third kappa shape index (κ3) is 5.96. The first-order chi connectivity index (χ1) is 15.8. The second-order valence-corrected chi connectivity index (χ2v) is 8.18. The highest BCUT2D eigenvalue weighted by molar-refractivity contribution is 7.99. The largest absolute Gasteiger partial charge is 0.493 e. The van der Waals surface area contributed by atoms with Gasteiger partial charge in [-0.15, -0.1) is 10.2 Å². The predicted octanol–water partition coefficient (Wildman–Crippen LogP) is 4.13. The number of hydrogen-bond acceptors (Lipinski definition) is 8. The van der Waals surface area contributed by atoms with Gasteiger partial charge < -0.3 is 24.1 Å². The molecule has 0 spiro atoms. The minimum absolute atomic E-state index is 0.0872. The maximum Gasteiger partial charge on any atom is 0.339 e. The van der Waals surface area contributed by atoms with Gasteiger partial charge in [0.1, 0.15) is 0 Å². The van der Waals surface area contributed by atoms with E-state index >= 15 is 0 Å². The molecule has 0 radical (unpaired) electrons. The average molecular weight is 491 g/mol. The van der Waals surface area contributed by atoms with Gasteiger partial charge in [0.2, 0.25) is 5.91 Å². The molecule has 1 N–H and O–H groups in total. The summed E-state index contributed by atoms with van der Waals surface area (Å²) in [7, 11) is 4.65. The number of nitrogens with zero attached hydrogens (tertiary/aromatic N) is 3. The summed E-state index contributed by atoms with van der Waals surface area (Å²) in [6.07, 6.45) is -0.396. The number of carbonyl (C=O) groups is 2. The number of carbonyl (C=O) groups excluding carboxylic acids is 2. The molecule has 0 aliphatic heterocycles. The maximum absolute atomic E-state index is 12.4. The molecule has 0 bridgehead atoms. The van der Waals surface area contributed by atoms with E-state index in [-0.39, 0.29) is 22.2 Å². The fourth-order valence-corrected chi connectivity index (χ4v) is 3.87. The van der Waals surface area contributed by atoms with E-state index < -0.39 is 12.1 Å². The molecule has 2 aromatic carbocycles. The molecule has 1 atom stereocenters. The minimum Gasteiger partial charge on any atom is -0.493 e. The number of thioether (sulfide) groups is 1. The van der Waals surface area contributed by atoms with Gasteiger partial charge in [0.25, 0.3) is 0 Å². The number of nitrogens with one attached hydrogen (secondary N) is 1. The second-order valence-electron chi connectivity index (χ2n) is 6.83. The van der Waals surface area contributed by atoms with Crippen molar-refractivity contribution in [3.8, 4) is 11.5 Å². The Morgan fingerprint density at radius 3 is 2.58 bits per heavy atom. The van der Waals surface area contributed by atoms with Gasteiger partial charge in [0, 0.05) is 12.7 Å². The summed E-state index contributed by atoms with van der Waals surface area (Å²) in [4.78, 5) is 24.2. The quantitative estimate of drug-likeness (QED) is 0.352. The molecule has 0 aliphatic rings. The Labute approximate surface area is 200 Å². The minimum atomic E-state index is -0.582. The van der Waals surface area contributed by atoms with Gasteiger partial charge >= 0.3 is 5.97 Å². The van der Waals surface area contributed by atoms with Crippen LogP contribution in [0.3, 0.4) is 0 Å². The first-order valence-corrected chi connectivity index (χ1v) is 11.2. The molecule has 3 rings (SSSR count). The number of anilines is 1. The Morgan fingerprint density at radius 1 is 1.15 bits per heavy atom. The first kappa shape index (κ1) is 24.4. The van der Waals surface area contributed by atoms with E-state index in [1.54, 1.807) is 24.8 Å². The van der Waals surface area contributed by atoms with Crippen LogP contribution in [0.1, 0.15) is 29.2 Å². The van der Waals surface area contributed by atoms with Gasteiger partial charge in [0.15, 0.2) is 28.6 Å². The highest BCUT2D eigenvalue weighted by Crippen LogP contribution is 2.31. The van der Waals surface area contributed by atoms with E-state index in [9.17, 15) is 9.59 Å². The molecule has 0 fully saturated rings. The lowest BCUT2D eigenvalue weighted by Gasteiger charge is -2.16. The lowest BCUT2D eigenvalue weighted by atomic mass is 10.2. The monoisotopic (exact) mass is 490 g/mol. The van der Waals surface area contributed by atoms with Gasteiger partial charge in [-0.1, -0.05) is 35.5 Å². The van der Waals surface area contributed by atoms with Crippen LogP contribution in [0.4, 0.5) is 5.69 Å². The summed E-state index contributed by atoms with van der Waals surface area (Å²) in [5.74, 6) is 1.05. The number of rotatable bonds is 9. The lowest BCUT2D eigenvalue weighted by Crippen LogP contribution is -2.15. The Hall–Kier alpha value is -3.24. The highest BCUT2D eigenvalue weighted by atomic mass is 35.5. The third-order valence-electron chi connectivity index (χ3n) is 4.59. The van der Waals surface area contributed by atoms with Crippen LogP contribution < -0.4 is 14.8 Å². The van der Waals surface area contributed by atoms with Gasteiger partial charge in [0.05, 0.1) is 30.6 Å². The zero-order valence-electron chi connectivity index (χ0n) is 18.5. The van der Waals surface area contributed by atoms with Crippen molar-refractivity contribution in [2.24, 2.45) is 7.05 Å². The number of methoxy groups -OCH3 is 2. The molecule has 174 valence electrons. The summed E-state index contributed by atoms with van der Waals surface area (Å²) in [6, 6.07) is 11.9. The molecule has 1 unspecified atom stereocenters. The number of hydrogen-bond donors (Lipinski definition) is 1. The average Bonchev–Trinajstić information content (AvgIpc) is 3.19. The molecular weight excluding hydrogens is 468 g/mol. The van der Waals surface area contributed by atoms with E-state index in [4.69, 9.17) is 25.8 Å². The Bertz CT molecular complexity index is 1150. The fourth-order valence-electron chi connectivity index (χ4n) is 2.96. The molecule has 3 aromatic rings. The van der Waals surface area contributed by atoms with Crippen molar-refractivity contribution < 1.29 is 23.8 Å². The number of benzene rings is 2. The zero-order valence-corrected chi connectivity index (χ0v) is 20.1. The van der Waals surface area contributed by atoms with Gasteiger partial charge in [-0.05, 0) is 37.3 Å². The van der Waals surface area contributed by atoms with Crippen LogP contribution in [0.5, 0.6) is 11.5 Å². The normalized spacial score (nSPS) is 11.5. The highest BCUT2D eigenvalue weighted by Gasteiger charge is 2.19. The SMILES string of the molecule is COC(=O)c1cc(NC(=O)CSc2nnc(C(C)Oc3ccccc3OC)n2C)ccc1Cl. The van der Waals surface area contributed by atoms with Crippen LogP contribution in [-0.2, 0) is 16.6 Å². The van der Waals surface area contributed by atoms with E-state index in [1.165, 1.54) is 31.0 Å². The van der Waals surface area contributed by atoms with Crippen molar-refractivity contribution in [3.63, 3.8) is 0 Å². The van der Waals surface area contributed by atoms with Gasteiger partial charge in [-0.2, -0.15) is 0 Å². The molecule has 1 aromatic heterocycles. The Morgan fingerprint density at radius 2 is 1.88 bits per heavy atom. The fraction of sp³-hybridized carbons (Fsp3) is 0.273. The van der Waals surface area contributed by atoms with Gasteiger partial charge in [-0.3, -0.25) is 4.79 Å². The van der Waals surface area contributed by atoms with Crippen molar-refractivity contribution in [2.75, 3.05) is 25.3 Å². The maximum atomic E-state index is 12.4. The number of amides is 1. The van der Waals surface area contributed by atoms with Crippen LogP contribution in [0, 0.1) is 0 Å². The van der Waals surface area contributed by atoms with E-state index in [0.717, 1.165) is 0 Å². The molecule has 1 heterocycles. The second kappa shape index (κ2) is 11.1. The van der Waals surface area contributed by atoms with Crippen LogP contribution in [-0.4, -0.2) is 46.6 Å². The van der Waals surface area contributed by atoms with Crippen LogP contribution in [0.25, 0.3) is 0 Å². The summed E-state index contributed by atoms with van der Waals surface area (Å²) < 4.78 is 17.8. The first-order valence-electron chi connectivity index (χ1n) is 9.83. The molecular formula is C22H23ClN4O5S. The molecule has 0 saturated carbocycles. The number of aromatic nitrogens is 3. The third-order valence-corrected chi connectivity index (χ3v) is 5.94.